The van der Waals surface area contributed by atoms with E-state index in [0.29, 0.717) is 5.02 Å². The first-order chi connectivity index (χ1) is 10.1. The number of aryl methyl sites for hydroxylation is 1. The molecule has 5 heteroatoms. The summed E-state index contributed by atoms with van der Waals surface area (Å²) in [5.74, 6) is 1.11. The first kappa shape index (κ1) is 13.8. The summed E-state index contributed by atoms with van der Waals surface area (Å²) in [4.78, 5) is 3.34. The van der Waals surface area contributed by atoms with Gasteiger partial charge in [-0.05, 0) is 37.3 Å². The number of phenolic OH excluding ortho intramolecular Hbond substituents is 1. The van der Waals surface area contributed by atoms with Gasteiger partial charge in [-0.1, -0.05) is 23.7 Å². The molecule has 4 nitrogen and oxygen atoms in total. The third-order valence-electron chi connectivity index (χ3n) is 3.66. The predicted octanol–water partition coefficient (Wildman–Crippen LogP) is 3.52. The van der Waals surface area contributed by atoms with Gasteiger partial charge in [0, 0.05) is 10.6 Å². The number of phenols is 1. The summed E-state index contributed by atoms with van der Waals surface area (Å²) in [5.41, 5.74) is 2.94. The van der Waals surface area contributed by atoms with Gasteiger partial charge in [0.15, 0.2) is 0 Å². The van der Waals surface area contributed by atoms with Crippen LogP contribution < -0.4 is 9.88 Å². The molecular weight excluding hydrogens is 286 g/mol. The highest BCUT2D eigenvalue weighted by Crippen LogP contribution is 2.29. The molecule has 0 aliphatic carbocycles. The highest BCUT2D eigenvalue weighted by atomic mass is 35.5. The molecule has 3 N–H and O–H groups in total. The lowest BCUT2D eigenvalue weighted by Gasteiger charge is -2.12. The van der Waals surface area contributed by atoms with Gasteiger partial charge in [-0.2, -0.15) is 0 Å². The predicted molar refractivity (Wildman–Crippen MR) is 84.6 cm³/mol. The van der Waals surface area contributed by atoms with Crippen LogP contribution in [0.15, 0.2) is 42.5 Å². The Labute approximate surface area is 128 Å². The summed E-state index contributed by atoms with van der Waals surface area (Å²) in [6.07, 6.45) is 0. The van der Waals surface area contributed by atoms with Crippen molar-refractivity contribution in [3.8, 4) is 5.75 Å². The van der Waals surface area contributed by atoms with Crippen molar-refractivity contribution in [3.63, 3.8) is 0 Å². The molecule has 108 valence electrons. The van der Waals surface area contributed by atoms with Gasteiger partial charge in [0.1, 0.15) is 22.8 Å². The van der Waals surface area contributed by atoms with Crippen molar-refractivity contribution in [2.45, 2.75) is 13.0 Å². The molecule has 0 spiro atoms. The maximum atomic E-state index is 9.98. The normalized spacial score (nSPS) is 12.5. The van der Waals surface area contributed by atoms with E-state index in [2.05, 4.69) is 16.4 Å². The minimum absolute atomic E-state index is 0.0806. The number of halogens is 1. The molecule has 3 aromatic rings. The summed E-state index contributed by atoms with van der Waals surface area (Å²) in [7, 11) is 1.99. The third-order valence-corrected chi connectivity index (χ3v) is 3.90. The number of nitrogens with one attached hydrogen (secondary N) is 2. The molecule has 1 heterocycles. The second kappa shape index (κ2) is 5.30. The first-order valence-corrected chi connectivity index (χ1v) is 7.16. The van der Waals surface area contributed by atoms with E-state index in [-0.39, 0.29) is 11.8 Å². The standard InChI is InChI=1S/C16H16ClN3O/c1-10(12-9-11(17)7-8-15(12)21)18-16-19-13-5-3-4-6-14(13)20(16)2/h3-10H,1-2H3,(H2,18,19,21)/p+1. The Morgan fingerprint density at radius 2 is 2.00 bits per heavy atom. The van der Waals surface area contributed by atoms with E-state index < -0.39 is 0 Å². The fourth-order valence-electron chi connectivity index (χ4n) is 2.49. The molecule has 2 aromatic carbocycles. The van der Waals surface area contributed by atoms with Crippen LogP contribution in [0, 0.1) is 0 Å². The Bertz CT molecular complexity index is 797. The largest absolute Gasteiger partial charge is 0.508 e. The van der Waals surface area contributed by atoms with Gasteiger partial charge in [-0.25, -0.2) is 9.55 Å². The van der Waals surface area contributed by atoms with Crippen LogP contribution in [-0.4, -0.2) is 10.1 Å². The monoisotopic (exact) mass is 302 g/mol. The zero-order valence-corrected chi connectivity index (χ0v) is 12.6. The zero-order valence-electron chi connectivity index (χ0n) is 11.9. The van der Waals surface area contributed by atoms with E-state index >= 15 is 0 Å². The van der Waals surface area contributed by atoms with Crippen LogP contribution >= 0.6 is 11.6 Å². The van der Waals surface area contributed by atoms with Crippen molar-refractivity contribution in [3.05, 3.63) is 53.1 Å². The number of fused-ring (bicyclic) bond motifs is 1. The third kappa shape index (κ3) is 2.54. The van der Waals surface area contributed by atoms with Gasteiger partial charge in [0.05, 0.1) is 7.05 Å². The number of benzene rings is 2. The lowest BCUT2D eigenvalue weighted by atomic mass is 10.1. The van der Waals surface area contributed by atoms with Crippen molar-refractivity contribution in [1.82, 2.24) is 4.98 Å². The van der Waals surface area contributed by atoms with Gasteiger partial charge in [0.2, 0.25) is 0 Å². The topological polar surface area (TPSA) is 51.9 Å². The summed E-state index contributed by atoms with van der Waals surface area (Å²) in [6, 6.07) is 13.1. The molecule has 0 bridgehead atoms. The smallest absolute Gasteiger partial charge is 0.356 e. The Morgan fingerprint density at radius 3 is 2.76 bits per heavy atom. The fraction of sp³-hybridized carbons (Fsp3) is 0.188. The second-order valence-corrected chi connectivity index (χ2v) is 5.56. The van der Waals surface area contributed by atoms with Crippen LogP contribution in [-0.2, 0) is 7.05 Å². The summed E-state index contributed by atoms with van der Waals surface area (Å²) >= 11 is 6.01. The number of anilines is 1. The first-order valence-electron chi connectivity index (χ1n) is 6.78. The second-order valence-electron chi connectivity index (χ2n) is 5.12. The molecule has 1 unspecified atom stereocenters. The summed E-state index contributed by atoms with van der Waals surface area (Å²) in [5, 5.41) is 14.0. The van der Waals surface area contributed by atoms with Crippen molar-refractivity contribution < 1.29 is 9.67 Å². The average Bonchev–Trinajstić information content (AvgIpc) is 2.78. The number of H-pyrrole nitrogens is 1. The zero-order chi connectivity index (χ0) is 15.0. The summed E-state index contributed by atoms with van der Waals surface area (Å²) in [6.45, 7) is 1.98. The van der Waals surface area contributed by atoms with Crippen molar-refractivity contribution in [2.24, 2.45) is 7.05 Å². The number of nitrogens with zero attached hydrogens (tertiary/aromatic N) is 1. The minimum atomic E-state index is -0.0806. The van der Waals surface area contributed by atoms with Gasteiger partial charge >= 0.3 is 5.95 Å². The van der Waals surface area contributed by atoms with Crippen molar-refractivity contribution in [1.29, 1.82) is 0 Å². The van der Waals surface area contributed by atoms with E-state index in [4.69, 9.17) is 11.6 Å². The molecule has 1 atom stereocenters. The van der Waals surface area contributed by atoms with Gasteiger partial charge in [0.25, 0.3) is 0 Å². The highest BCUT2D eigenvalue weighted by molar-refractivity contribution is 6.30. The molecule has 0 fully saturated rings. The summed E-state index contributed by atoms with van der Waals surface area (Å²) < 4.78 is 2.05. The average molecular weight is 303 g/mol. The van der Waals surface area contributed by atoms with Crippen LogP contribution in [0.25, 0.3) is 11.0 Å². The number of rotatable bonds is 3. The van der Waals surface area contributed by atoms with E-state index in [1.165, 1.54) is 0 Å². The Hall–Kier alpha value is -2.20. The minimum Gasteiger partial charge on any atom is -0.508 e. The van der Waals surface area contributed by atoms with E-state index in [1.54, 1.807) is 18.2 Å². The molecule has 0 saturated heterocycles. The number of aromatic hydroxyl groups is 1. The molecule has 3 rings (SSSR count). The van der Waals surface area contributed by atoms with Gasteiger partial charge in [-0.15, -0.1) is 0 Å². The lowest BCUT2D eigenvalue weighted by molar-refractivity contribution is -0.630. The van der Waals surface area contributed by atoms with Crippen LogP contribution in [0.3, 0.4) is 0 Å². The lowest BCUT2D eigenvalue weighted by Crippen LogP contribution is -2.31. The van der Waals surface area contributed by atoms with Gasteiger partial charge < -0.3 is 5.11 Å². The number of hydrogen-bond acceptors (Lipinski definition) is 2. The maximum absolute atomic E-state index is 9.98. The quantitative estimate of drug-likeness (QED) is 0.648. The maximum Gasteiger partial charge on any atom is 0.356 e. The molecule has 0 radical (unpaired) electrons. The van der Waals surface area contributed by atoms with Crippen LogP contribution in [0.1, 0.15) is 18.5 Å². The van der Waals surface area contributed by atoms with E-state index in [0.717, 1.165) is 22.5 Å². The van der Waals surface area contributed by atoms with E-state index in [9.17, 15) is 5.11 Å². The Kier molecular flexibility index (Phi) is 3.47. The number of imidazole rings is 1. The Balaban J connectivity index is 1.94. The van der Waals surface area contributed by atoms with E-state index in [1.807, 2.05) is 36.7 Å². The number of para-hydroxylation sites is 2. The molecule has 1 aromatic heterocycles. The van der Waals surface area contributed by atoms with Crippen LogP contribution in [0.5, 0.6) is 5.75 Å². The molecule has 21 heavy (non-hydrogen) atoms. The van der Waals surface area contributed by atoms with Crippen LogP contribution in [0.4, 0.5) is 5.95 Å². The highest BCUT2D eigenvalue weighted by Gasteiger charge is 2.19. The Morgan fingerprint density at radius 1 is 1.24 bits per heavy atom. The van der Waals surface area contributed by atoms with Gasteiger partial charge in [-0.3, -0.25) is 5.32 Å². The SMILES string of the molecule is CC(Nc1[nH]c2ccccc2[n+]1C)c1cc(Cl)ccc1O. The molecular formula is C16H17ClN3O+. The number of aromatic amines is 1. The number of hydrogen-bond donors (Lipinski definition) is 3. The van der Waals surface area contributed by atoms with Crippen molar-refractivity contribution >= 4 is 28.6 Å². The molecule has 0 aliphatic heterocycles. The van der Waals surface area contributed by atoms with Crippen LogP contribution in [0.2, 0.25) is 5.02 Å². The number of aromatic nitrogens is 2. The van der Waals surface area contributed by atoms with Crippen molar-refractivity contribution in [2.75, 3.05) is 5.32 Å². The molecule has 0 saturated carbocycles. The molecule has 0 amide bonds. The molecule has 0 aliphatic rings. The fourth-order valence-corrected chi connectivity index (χ4v) is 2.67.